The van der Waals surface area contributed by atoms with Crippen LogP contribution in [0, 0.1) is 5.82 Å². The van der Waals surface area contributed by atoms with Crippen molar-refractivity contribution in [2.45, 2.75) is 0 Å². The van der Waals surface area contributed by atoms with Gasteiger partial charge in [-0.3, -0.25) is 4.79 Å². The summed E-state index contributed by atoms with van der Waals surface area (Å²) in [4.78, 5) is 23.0. The summed E-state index contributed by atoms with van der Waals surface area (Å²) in [5.41, 5.74) is 0.668. The molecule has 6 heteroatoms. The Hall–Kier alpha value is -1.79. The Morgan fingerprint density at radius 2 is 1.90 bits per heavy atom. The molecule has 102 valence electrons. The molecule has 0 aliphatic rings. The lowest BCUT2D eigenvalue weighted by Crippen LogP contribution is -1.91. The Balaban J connectivity index is 2.15. The summed E-state index contributed by atoms with van der Waals surface area (Å²) in [7, 11) is 0. The van der Waals surface area contributed by atoms with Gasteiger partial charge in [0.15, 0.2) is 5.78 Å². The van der Waals surface area contributed by atoms with E-state index in [0.29, 0.717) is 14.9 Å². The summed E-state index contributed by atoms with van der Waals surface area (Å²) in [5, 5.41) is 8.78. The summed E-state index contributed by atoms with van der Waals surface area (Å²) in [6.45, 7) is 0. The van der Waals surface area contributed by atoms with Gasteiger partial charge >= 0.3 is 5.97 Å². The molecule has 0 saturated heterocycles. The highest BCUT2D eigenvalue weighted by atomic mass is 79.9. The summed E-state index contributed by atoms with van der Waals surface area (Å²) in [6, 6.07) is 7.25. The summed E-state index contributed by atoms with van der Waals surface area (Å²) in [5.74, 6) is -1.72. The van der Waals surface area contributed by atoms with Gasteiger partial charge < -0.3 is 5.11 Å². The number of thiophene rings is 1. The van der Waals surface area contributed by atoms with E-state index in [9.17, 15) is 14.0 Å². The molecule has 1 N–H and O–H groups in total. The van der Waals surface area contributed by atoms with Crippen molar-refractivity contribution in [1.29, 1.82) is 0 Å². The quantitative estimate of drug-likeness (QED) is 0.659. The lowest BCUT2D eigenvalue weighted by Gasteiger charge is -1.96. The number of benzene rings is 1. The van der Waals surface area contributed by atoms with E-state index in [1.54, 1.807) is 18.2 Å². The van der Waals surface area contributed by atoms with Crippen molar-refractivity contribution in [3.8, 4) is 0 Å². The van der Waals surface area contributed by atoms with E-state index in [-0.39, 0.29) is 16.5 Å². The Kier molecular flexibility index (Phi) is 4.46. The van der Waals surface area contributed by atoms with Crippen LogP contribution in [0.3, 0.4) is 0 Å². The van der Waals surface area contributed by atoms with Gasteiger partial charge in [-0.05, 0) is 51.8 Å². The molecule has 1 aromatic heterocycles. The molecule has 1 heterocycles. The van der Waals surface area contributed by atoms with Crippen LogP contribution < -0.4 is 0 Å². The zero-order valence-corrected chi connectivity index (χ0v) is 12.4. The summed E-state index contributed by atoms with van der Waals surface area (Å²) < 4.78 is 13.4. The van der Waals surface area contributed by atoms with Crippen molar-refractivity contribution in [2.75, 3.05) is 0 Å². The molecule has 20 heavy (non-hydrogen) atoms. The van der Waals surface area contributed by atoms with Crippen LogP contribution in [0.4, 0.5) is 4.39 Å². The number of halogens is 2. The molecule has 0 aliphatic carbocycles. The maximum atomic E-state index is 13.0. The van der Waals surface area contributed by atoms with Crippen molar-refractivity contribution in [2.24, 2.45) is 0 Å². The number of carbonyl (C=O) groups is 2. The van der Waals surface area contributed by atoms with Crippen LogP contribution in [0.1, 0.15) is 24.9 Å². The normalized spacial score (nSPS) is 10.9. The Morgan fingerprint density at radius 3 is 2.50 bits per heavy atom. The van der Waals surface area contributed by atoms with Crippen LogP contribution >= 0.6 is 27.3 Å². The number of carboxylic acid groups (broad SMARTS) is 1. The van der Waals surface area contributed by atoms with Crippen LogP contribution in [0.15, 0.2) is 40.9 Å². The molecular weight excluding hydrogens is 347 g/mol. The van der Waals surface area contributed by atoms with E-state index in [2.05, 4.69) is 15.9 Å². The molecule has 0 fully saturated rings. The second-order valence-electron chi connectivity index (χ2n) is 3.84. The molecular formula is C14H8BrFO3S. The number of carboxylic acids is 1. The van der Waals surface area contributed by atoms with E-state index in [1.165, 1.54) is 24.3 Å². The van der Waals surface area contributed by atoms with Gasteiger partial charge in [0.2, 0.25) is 0 Å². The lowest BCUT2D eigenvalue weighted by atomic mass is 10.2. The summed E-state index contributed by atoms with van der Waals surface area (Å²) in [6.07, 6.45) is 2.88. The first-order valence-corrected chi connectivity index (χ1v) is 7.09. The van der Waals surface area contributed by atoms with Crippen LogP contribution in [-0.2, 0) is 0 Å². The minimum Gasteiger partial charge on any atom is -0.477 e. The van der Waals surface area contributed by atoms with Crippen LogP contribution in [0.5, 0.6) is 0 Å². The van der Waals surface area contributed by atoms with Crippen molar-refractivity contribution in [3.63, 3.8) is 0 Å². The number of aromatic carboxylic acids is 1. The zero-order valence-electron chi connectivity index (χ0n) is 9.97. The van der Waals surface area contributed by atoms with Gasteiger partial charge in [0.05, 0.1) is 9.35 Å². The van der Waals surface area contributed by atoms with E-state index < -0.39 is 5.97 Å². The average molecular weight is 355 g/mol. The highest BCUT2D eigenvalue weighted by molar-refractivity contribution is 9.10. The smallest absolute Gasteiger partial charge is 0.345 e. The van der Waals surface area contributed by atoms with Crippen molar-refractivity contribution in [1.82, 2.24) is 0 Å². The van der Waals surface area contributed by atoms with Gasteiger partial charge in [0, 0.05) is 0 Å². The highest BCUT2D eigenvalue weighted by Crippen LogP contribution is 2.20. The average Bonchev–Trinajstić information content (AvgIpc) is 2.89. The number of hydrogen-bond acceptors (Lipinski definition) is 3. The molecule has 0 saturated carbocycles. The van der Waals surface area contributed by atoms with Crippen LogP contribution in [0.25, 0.3) is 6.08 Å². The number of ketones is 1. The second kappa shape index (κ2) is 6.11. The molecule has 1 aromatic carbocycles. The molecule has 0 atom stereocenters. The van der Waals surface area contributed by atoms with Crippen molar-refractivity contribution >= 4 is 45.1 Å². The SMILES string of the molecule is O=C(O)c1ccc(C(=O)/C=C/c2ccc(F)c(Br)c2)s1. The van der Waals surface area contributed by atoms with Crippen molar-refractivity contribution in [3.05, 3.63) is 62.0 Å². The standard InChI is InChI=1S/C14H8BrFO3S/c15-9-7-8(1-3-10(9)16)2-4-11(17)12-5-6-13(20-12)14(18)19/h1-7H,(H,18,19)/b4-2+. The van der Waals surface area contributed by atoms with E-state index >= 15 is 0 Å². The molecule has 3 nitrogen and oxygen atoms in total. The van der Waals surface area contributed by atoms with Crippen molar-refractivity contribution < 1.29 is 19.1 Å². The van der Waals surface area contributed by atoms with Gasteiger partial charge in [-0.15, -0.1) is 11.3 Å². The number of rotatable bonds is 4. The Bertz CT molecular complexity index is 706. The van der Waals surface area contributed by atoms with Gasteiger partial charge in [-0.1, -0.05) is 12.1 Å². The number of allylic oxidation sites excluding steroid dienone is 1. The first-order chi connectivity index (χ1) is 9.47. The maximum absolute atomic E-state index is 13.0. The molecule has 0 radical (unpaired) electrons. The maximum Gasteiger partial charge on any atom is 0.345 e. The zero-order chi connectivity index (χ0) is 14.7. The molecule has 0 unspecified atom stereocenters. The third-order valence-corrected chi connectivity index (χ3v) is 4.13. The third kappa shape index (κ3) is 3.40. The minimum atomic E-state index is -1.06. The topological polar surface area (TPSA) is 54.4 Å². The Labute approximate surface area is 126 Å². The van der Waals surface area contributed by atoms with Gasteiger partial charge in [-0.25, -0.2) is 9.18 Å². The van der Waals surface area contributed by atoms with Gasteiger partial charge in [-0.2, -0.15) is 0 Å². The van der Waals surface area contributed by atoms with Crippen LogP contribution in [0.2, 0.25) is 0 Å². The van der Waals surface area contributed by atoms with E-state index in [1.807, 2.05) is 0 Å². The molecule has 0 spiro atoms. The fraction of sp³-hybridized carbons (Fsp3) is 0. The number of hydrogen-bond donors (Lipinski definition) is 1. The molecule has 0 bridgehead atoms. The Morgan fingerprint density at radius 1 is 1.20 bits per heavy atom. The minimum absolute atomic E-state index is 0.117. The predicted octanol–water partition coefficient (Wildman–Crippen LogP) is 4.24. The van der Waals surface area contributed by atoms with Crippen LogP contribution in [-0.4, -0.2) is 16.9 Å². The fourth-order valence-electron chi connectivity index (χ4n) is 1.46. The monoisotopic (exact) mass is 354 g/mol. The first-order valence-electron chi connectivity index (χ1n) is 5.48. The summed E-state index contributed by atoms with van der Waals surface area (Å²) >= 11 is 3.98. The van der Waals surface area contributed by atoms with E-state index in [4.69, 9.17) is 5.11 Å². The predicted molar refractivity (Wildman–Crippen MR) is 78.7 cm³/mol. The molecule has 0 amide bonds. The highest BCUT2D eigenvalue weighted by Gasteiger charge is 2.10. The largest absolute Gasteiger partial charge is 0.477 e. The van der Waals surface area contributed by atoms with Gasteiger partial charge in [0.25, 0.3) is 0 Å². The number of carbonyl (C=O) groups excluding carboxylic acids is 1. The van der Waals surface area contributed by atoms with Gasteiger partial charge in [0.1, 0.15) is 10.7 Å². The second-order valence-corrected chi connectivity index (χ2v) is 5.78. The first kappa shape index (κ1) is 14.6. The molecule has 2 aromatic rings. The van der Waals surface area contributed by atoms with E-state index in [0.717, 1.165) is 11.3 Å². The molecule has 0 aliphatic heterocycles. The fourth-order valence-corrected chi connectivity index (χ4v) is 2.62. The molecule has 2 rings (SSSR count). The third-order valence-electron chi connectivity index (χ3n) is 2.43. The lowest BCUT2D eigenvalue weighted by molar-refractivity contribution is 0.0702.